The second-order valence-corrected chi connectivity index (χ2v) is 4.40. The topological polar surface area (TPSA) is 88.3 Å². The van der Waals surface area contributed by atoms with Crippen LogP contribution >= 0.6 is 0 Å². The minimum Gasteiger partial charge on any atom is -0.389 e. The predicted octanol–water partition coefficient (Wildman–Crippen LogP) is 2.66. The maximum atomic E-state index is 10.9. The van der Waals surface area contributed by atoms with E-state index in [1.54, 1.807) is 6.92 Å². The molecule has 2 rings (SSSR count). The fourth-order valence-corrected chi connectivity index (χ4v) is 1.78. The van der Waals surface area contributed by atoms with Gasteiger partial charge in [-0.2, -0.15) is 0 Å². The first-order valence-corrected chi connectivity index (χ1v) is 6.18. The zero-order chi connectivity index (χ0) is 14.5. The minimum absolute atomic E-state index is 0.0481. The summed E-state index contributed by atoms with van der Waals surface area (Å²) >= 11 is 0. The zero-order valence-corrected chi connectivity index (χ0v) is 11.0. The van der Waals surface area contributed by atoms with Crippen LogP contribution in [0.25, 0.3) is 0 Å². The average molecular weight is 273 g/mol. The van der Waals surface area contributed by atoms with Gasteiger partial charge in [-0.15, -0.1) is 0 Å². The van der Waals surface area contributed by atoms with Crippen molar-refractivity contribution in [1.82, 2.24) is 4.98 Å². The van der Waals surface area contributed by atoms with Crippen LogP contribution in [-0.2, 0) is 6.54 Å². The second-order valence-electron chi connectivity index (χ2n) is 4.40. The molecule has 0 saturated carbocycles. The summed E-state index contributed by atoms with van der Waals surface area (Å²) < 4.78 is 0. The predicted molar refractivity (Wildman–Crippen MR) is 75.3 cm³/mol. The van der Waals surface area contributed by atoms with E-state index in [1.165, 1.54) is 18.3 Å². The summed E-state index contributed by atoms with van der Waals surface area (Å²) in [5.74, 6) is 0.247. The van der Waals surface area contributed by atoms with E-state index in [0.717, 1.165) is 11.1 Å². The van der Waals surface area contributed by atoms with Gasteiger partial charge in [-0.1, -0.05) is 24.3 Å². The van der Waals surface area contributed by atoms with Crippen molar-refractivity contribution in [1.29, 1.82) is 0 Å². The Balaban J connectivity index is 2.07. The van der Waals surface area contributed by atoms with Crippen LogP contribution in [0.15, 0.2) is 42.6 Å². The van der Waals surface area contributed by atoms with Crippen LogP contribution in [0, 0.1) is 10.1 Å². The van der Waals surface area contributed by atoms with Gasteiger partial charge in [-0.05, 0) is 24.1 Å². The summed E-state index contributed by atoms with van der Waals surface area (Å²) in [4.78, 5) is 14.4. The lowest BCUT2D eigenvalue weighted by Crippen LogP contribution is -2.04. The molecule has 0 unspecified atom stereocenters. The number of benzene rings is 1. The molecule has 6 nitrogen and oxygen atoms in total. The maximum Gasteiger partial charge on any atom is 0.311 e. The molecule has 0 amide bonds. The Kier molecular flexibility index (Phi) is 4.27. The molecule has 0 aliphatic rings. The maximum absolute atomic E-state index is 10.9. The van der Waals surface area contributed by atoms with E-state index in [0.29, 0.717) is 6.54 Å². The van der Waals surface area contributed by atoms with Gasteiger partial charge in [0.1, 0.15) is 0 Å². The molecule has 1 aromatic carbocycles. The van der Waals surface area contributed by atoms with E-state index in [1.807, 2.05) is 24.3 Å². The molecule has 20 heavy (non-hydrogen) atoms. The summed E-state index contributed by atoms with van der Waals surface area (Å²) in [6.45, 7) is 2.13. The molecule has 0 spiro atoms. The molecular weight excluding hydrogens is 258 g/mol. The molecule has 2 aromatic rings. The van der Waals surface area contributed by atoms with Crippen molar-refractivity contribution >= 4 is 11.5 Å². The highest BCUT2D eigenvalue weighted by atomic mass is 16.6. The SMILES string of the molecule is C[C@H](O)c1ccc(CNc2ncccc2[N+](=O)[O-])cc1. The quantitative estimate of drug-likeness (QED) is 0.645. The van der Waals surface area contributed by atoms with Gasteiger partial charge in [-0.25, -0.2) is 4.98 Å². The highest BCUT2D eigenvalue weighted by Gasteiger charge is 2.13. The van der Waals surface area contributed by atoms with E-state index in [4.69, 9.17) is 0 Å². The van der Waals surface area contributed by atoms with Crippen molar-refractivity contribution in [2.24, 2.45) is 0 Å². The molecule has 6 heteroatoms. The van der Waals surface area contributed by atoms with E-state index >= 15 is 0 Å². The molecule has 1 atom stereocenters. The van der Waals surface area contributed by atoms with Crippen molar-refractivity contribution < 1.29 is 10.0 Å². The number of nitrogens with zero attached hydrogens (tertiary/aromatic N) is 2. The lowest BCUT2D eigenvalue weighted by atomic mass is 10.1. The molecule has 0 fully saturated rings. The van der Waals surface area contributed by atoms with Crippen LogP contribution in [0.2, 0.25) is 0 Å². The van der Waals surface area contributed by atoms with Crippen LogP contribution < -0.4 is 5.32 Å². The third-order valence-corrected chi connectivity index (χ3v) is 2.91. The Hall–Kier alpha value is -2.47. The van der Waals surface area contributed by atoms with Crippen molar-refractivity contribution in [3.05, 3.63) is 63.8 Å². The summed E-state index contributed by atoms with van der Waals surface area (Å²) in [6.07, 6.45) is 1.00. The van der Waals surface area contributed by atoms with Crippen molar-refractivity contribution in [3.63, 3.8) is 0 Å². The van der Waals surface area contributed by atoms with Gasteiger partial charge in [0.05, 0.1) is 11.0 Å². The van der Waals surface area contributed by atoms with E-state index in [-0.39, 0.29) is 11.5 Å². The summed E-state index contributed by atoms with van der Waals surface area (Å²) in [5, 5.41) is 23.2. The number of aromatic nitrogens is 1. The number of rotatable bonds is 5. The number of aliphatic hydroxyl groups excluding tert-OH is 1. The van der Waals surface area contributed by atoms with Crippen LogP contribution in [-0.4, -0.2) is 15.0 Å². The Morgan fingerprint density at radius 1 is 1.35 bits per heavy atom. The second kappa shape index (κ2) is 6.12. The molecule has 0 radical (unpaired) electrons. The Morgan fingerprint density at radius 2 is 2.05 bits per heavy atom. The molecule has 1 aromatic heterocycles. The fraction of sp³-hybridized carbons (Fsp3) is 0.214. The van der Waals surface area contributed by atoms with Crippen LogP contribution in [0.1, 0.15) is 24.2 Å². The van der Waals surface area contributed by atoms with Crippen molar-refractivity contribution in [2.45, 2.75) is 19.6 Å². The summed E-state index contributed by atoms with van der Waals surface area (Å²) in [7, 11) is 0. The molecule has 2 N–H and O–H groups in total. The summed E-state index contributed by atoms with van der Waals surface area (Å²) in [5.41, 5.74) is 1.74. The van der Waals surface area contributed by atoms with Crippen LogP contribution in [0.4, 0.5) is 11.5 Å². The molecule has 0 aliphatic heterocycles. The van der Waals surface area contributed by atoms with E-state index < -0.39 is 11.0 Å². The Labute approximate surface area is 116 Å². The zero-order valence-electron chi connectivity index (χ0n) is 11.0. The minimum atomic E-state index is -0.506. The van der Waals surface area contributed by atoms with Crippen molar-refractivity contribution in [2.75, 3.05) is 5.32 Å². The number of hydrogen-bond acceptors (Lipinski definition) is 5. The standard InChI is InChI=1S/C14H15N3O3/c1-10(18)12-6-4-11(5-7-12)9-16-14-13(17(19)20)3-2-8-15-14/h2-8,10,18H,9H2,1H3,(H,15,16)/t10-/m0/s1. The van der Waals surface area contributed by atoms with Gasteiger partial charge in [0.2, 0.25) is 5.82 Å². The van der Waals surface area contributed by atoms with Crippen LogP contribution in [0.5, 0.6) is 0 Å². The van der Waals surface area contributed by atoms with Crippen molar-refractivity contribution in [3.8, 4) is 0 Å². The first kappa shape index (κ1) is 14.0. The van der Waals surface area contributed by atoms with Gasteiger partial charge < -0.3 is 10.4 Å². The number of anilines is 1. The Bertz CT molecular complexity index is 597. The van der Waals surface area contributed by atoms with E-state index in [2.05, 4.69) is 10.3 Å². The van der Waals surface area contributed by atoms with Gasteiger partial charge >= 0.3 is 5.69 Å². The number of aliphatic hydroxyl groups is 1. The molecule has 0 aliphatic carbocycles. The third-order valence-electron chi connectivity index (χ3n) is 2.91. The highest BCUT2D eigenvalue weighted by molar-refractivity contribution is 5.55. The highest BCUT2D eigenvalue weighted by Crippen LogP contribution is 2.21. The lowest BCUT2D eigenvalue weighted by Gasteiger charge is -2.08. The largest absolute Gasteiger partial charge is 0.389 e. The van der Waals surface area contributed by atoms with Gasteiger partial charge in [0.15, 0.2) is 0 Å². The van der Waals surface area contributed by atoms with E-state index in [9.17, 15) is 15.2 Å². The molecule has 104 valence electrons. The van der Waals surface area contributed by atoms with Crippen LogP contribution in [0.3, 0.4) is 0 Å². The molecular formula is C14H15N3O3. The number of hydrogen-bond donors (Lipinski definition) is 2. The van der Waals surface area contributed by atoms with Gasteiger partial charge in [0, 0.05) is 18.8 Å². The number of nitrogens with one attached hydrogen (secondary N) is 1. The lowest BCUT2D eigenvalue weighted by molar-refractivity contribution is -0.384. The normalized spacial score (nSPS) is 11.9. The number of pyridine rings is 1. The van der Waals surface area contributed by atoms with Gasteiger partial charge in [-0.3, -0.25) is 10.1 Å². The fourth-order valence-electron chi connectivity index (χ4n) is 1.78. The first-order valence-electron chi connectivity index (χ1n) is 6.18. The molecule has 0 bridgehead atoms. The third kappa shape index (κ3) is 3.30. The first-order chi connectivity index (χ1) is 9.58. The molecule has 0 saturated heterocycles. The monoisotopic (exact) mass is 273 g/mol. The van der Waals surface area contributed by atoms with Gasteiger partial charge in [0.25, 0.3) is 0 Å². The number of nitro groups is 1. The smallest absolute Gasteiger partial charge is 0.311 e. The summed E-state index contributed by atoms with van der Waals surface area (Å²) in [6, 6.07) is 10.3. The Morgan fingerprint density at radius 3 is 2.65 bits per heavy atom. The average Bonchev–Trinajstić information content (AvgIpc) is 2.45. The molecule has 1 heterocycles.